The predicted octanol–water partition coefficient (Wildman–Crippen LogP) is 1.90. The zero-order valence-corrected chi connectivity index (χ0v) is 10.4. The Morgan fingerprint density at radius 3 is 2.63 bits per heavy atom. The number of amides is 1. The van der Waals surface area contributed by atoms with Crippen molar-refractivity contribution in [1.82, 2.24) is 4.90 Å². The van der Waals surface area contributed by atoms with E-state index in [0.29, 0.717) is 18.5 Å². The molecule has 0 unspecified atom stereocenters. The number of carboxylic acid groups (broad SMARTS) is 1. The van der Waals surface area contributed by atoms with E-state index in [2.05, 4.69) is 0 Å². The van der Waals surface area contributed by atoms with Gasteiger partial charge in [-0.15, -0.1) is 0 Å². The number of carbonyl (C=O) groups is 2. The van der Waals surface area contributed by atoms with Gasteiger partial charge in [-0.1, -0.05) is 6.07 Å². The molecule has 0 bridgehead atoms. The number of rotatable bonds is 5. The normalized spacial score (nSPS) is 13.6. The number of hydrogen-bond acceptors (Lipinski definition) is 3. The summed E-state index contributed by atoms with van der Waals surface area (Å²) in [6.45, 7) is 0.400. The standard InChI is InChI=1S/C14H14N2O3/c15-7-2-8-16(12-5-6-12)13(17)10-3-1-4-11(9-10)14(18)19/h1,3-4,9,12H,2,5-6,8H2,(H,18,19). The summed E-state index contributed by atoms with van der Waals surface area (Å²) < 4.78 is 0. The summed E-state index contributed by atoms with van der Waals surface area (Å²) in [6.07, 6.45) is 2.20. The van der Waals surface area contributed by atoms with Crippen LogP contribution in [0.2, 0.25) is 0 Å². The molecule has 1 fully saturated rings. The number of nitrogens with zero attached hydrogens (tertiary/aromatic N) is 2. The molecule has 0 heterocycles. The van der Waals surface area contributed by atoms with Gasteiger partial charge in [-0.2, -0.15) is 5.26 Å². The van der Waals surface area contributed by atoms with Gasteiger partial charge in [0.1, 0.15) is 0 Å². The quantitative estimate of drug-likeness (QED) is 0.874. The molecule has 5 nitrogen and oxygen atoms in total. The number of nitriles is 1. The fourth-order valence-corrected chi connectivity index (χ4v) is 1.96. The number of benzene rings is 1. The van der Waals surface area contributed by atoms with Gasteiger partial charge in [0.2, 0.25) is 0 Å². The molecule has 5 heteroatoms. The van der Waals surface area contributed by atoms with E-state index in [1.165, 1.54) is 12.1 Å². The van der Waals surface area contributed by atoms with Crippen LogP contribution in [0.4, 0.5) is 0 Å². The lowest BCUT2D eigenvalue weighted by Gasteiger charge is -2.21. The third kappa shape index (κ3) is 3.10. The van der Waals surface area contributed by atoms with Crippen molar-refractivity contribution in [1.29, 1.82) is 5.26 Å². The second kappa shape index (κ2) is 5.53. The van der Waals surface area contributed by atoms with E-state index in [1.807, 2.05) is 6.07 Å². The van der Waals surface area contributed by atoms with Crippen molar-refractivity contribution >= 4 is 11.9 Å². The Kier molecular flexibility index (Phi) is 3.81. The maximum Gasteiger partial charge on any atom is 0.335 e. The van der Waals surface area contributed by atoms with Crippen LogP contribution in [-0.4, -0.2) is 34.5 Å². The smallest absolute Gasteiger partial charge is 0.335 e. The Balaban J connectivity index is 2.19. The Hall–Kier alpha value is -2.35. The van der Waals surface area contributed by atoms with E-state index in [-0.39, 0.29) is 17.5 Å². The van der Waals surface area contributed by atoms with Crippen LogP contribution < -0.4 is 0 Å². The van der Waals surface area contributed by atoms with Crippen molar-refractivity contribution in [2.45, 2.75) is 25.3 Å². The van der Waals surface area contributed by atoms with E-state index in [9.17, 15) is 9.59 Å². The first-order chi connectivity index (χ1) is 9.13. The van der Waals surface area contributed by atoms with Crippen LogP contribution in [0.15, 0.2) is 24.3 Å². The predicted molar refractivity (Wildman–Crippen MR) is 67.7 cm³/mol. The van der Waals surface area contributed by atoms with E-state index in [0.717, 1.165) is 12.8 Å². The first-order valence-electron chi connectivity index (χ1n) is 6.14. The Labute approximate surface area is 111 Å². The molecular formula is C14H14N2O3. The highest BCUT2D eigenvalue weighted by atomic mass is 16.4. The van der Waals surface area contributed by atoms with Gasteiger partial charge in [0.25, 0.3) is 5.91 Å². The zero-order valence-electron chi connectivity index (χ0n) is 10.4. The first-order valence-corrected chi connectivity index (χ1v) is 6.14. The molecular weight excluding hydrogens is 244 g/mol. The van der Waals surface area contributed by atoms with Crippen LogP contribution in [0, 0.1) is 11.3 Å². The summed E-state index contributed by atoms with van der Waals surface area (Å²) in [6, 6.07) is 8.24. The average molecular weight is 258 g/mol. The molecule has 0 spiro atoms. The Morgan fingerprint density at radius 2 is 2.05 bits per heavy atom. The van der Waals surface area contributed by atoms with Gasteiger partial charge in [0.15, 0.2) is 0 Å². The maximum absolute atomic E-state index is 12.3. The van der Waals surface area contributed by atoms with Crippen molar-refractivity contribution in [3.63, 3.8) is 0 Å². The van der Waals surface area contributed by atoms with Crippen molar-refractivity contribution in [2.24, 2.45) is 0 Å². The molecule has 1 amide bonds. The average Bonchev–Trinajstić information content (AvgIpc) is 3.23. The number of carboxylic acids is 1. The van der Waals surface area contributed by atoms with Gasteiger partial charge < -0.3 is 10.0 Å². The Morgan fingerprint density at radius 1 is 1.37 bits per heavy atom. The van der Waals surface area contributed by atoms with Crippen LogP contribution in [0.25, 0.3) is 0 Å². The number of hydrogen-bond donors (Lipinski definition) is 1. The summed E-state index contributed by atoms with van der Waals surface area (Å²) in [4.78, 5) is 24.9. The highest BCUT2D eigenvalue weighted by Crippen LogP contribution is 2.28. The van der Waals surface area contributed by atoms with Gasteiger partial charge in [-0.3, -0.25) is 4.79 Å². The van der Waals surface area contributed by atoms with Gasteiger partial charge in [-0.25, -0.2) is 4.79 Å². The molecule has 0 aliphatic heterocycles. The minimum absolute atomic E-state index is 0.0990. The molecule has 1 aliphatic carbocycles. The summed E-state index contributed by atoms with van der Waals surface area (Å²) in [5, 5.41) is 17.5. The van der Waals surface area contributed by atoms with Gasteiger partial charge >= 0.3 is 5.97 Å². The van der Waals surface area contributed by atoms with E-state index in [4.69, 9.17) is 10.4 Å². The van der Waals surface area contributed by atoms with Crippen molar-refractivity contribution in [3.8, 4) is 6.07 Å². The van der Waals surface area contributed by atoms with Crippen LogP contribution >= 0.6 is 0 Å². The van der Waals surface area contributed by atoms with Crippen molar-refractivity contribution in [2.75, 3.05) is 6.54 Å². The van der Waals surface area contributed by atoms with Gasteiger partial charge in [-0.05, 0) is 31.0 Å². The summed E-state index contributed by atoms with van der Waals surface area (Å²) in [5.41, 5.74) is 0.464. The number of aromatic carboxylic acids is 1. The molecule has 1 N–H and O–H groups in total. The van der Waals surface area contributed by atoms with Crippen LogP contribution in [-0.2, 0) is 0 Å². The van der Waals surface area contributed by atoms with Gasteiger partial charge in [0.05, 0.1) is 18.1 Å². The summed E-state index contributed by atoms with van der Waals surface area (Å²) >= 11 is 0. The van der Waals surface area contributed by atoms with Crippen LogP contribution in [0.3, 0.4) is 0 Å². The molecule has 1 aromatic carbocycles. The lowest BCUT2D eigenvalue weighted by molar-refractivity contribution is 0.0697. The van der Waals surface area contributed by atoms with Crippen molar-refractivity contribution in [3.05, 3.63) is 35.4 Å². The monoisotopic (exact) mass is 258 g/mol. The molecule has 0 saturated heterocycles. The largest absolute Gasteiger partial charge is 0.478 e. The summed E-state index contributed by atoms with van der Waals surface area (Å²) in [5.74, 6) is -1.24. The van der Waals surface area contributed by atoms with Crippen LogP contribution in [0.1, 0.15) is 40.0 Å². The fourth-order valence-electron chi connectivity index (χ4n) is 1.96. The SMILES string of the molecule is N#CCCN(C(=O)c1cccc(C(=O)O)c1)C1CC1. The molecule has 0 radical (unpaired) electrons. The lowest BCUT2D eigenvalue weighted by Crippen LogP contribution is -2.34. The molecule has 0 aromatic heterocycles. The highest BCUT2D eigenvalue weighted by Gasteiger charge is 2.32. The third-order valence-electron chi connectivity index (χ3n) is 3.07. The minimum Gasteiger partial charge on any atom is -0.478 e. The van der Waals surface area contributed by atoms with Gasteiger partial charge in [0, 0.05) is 18.2 Å². The lowest BCUT2D eigenvalue weighted by atomic mass is 10.1. The first kappa shape index (κ1) is 13.1. The van der Waals surface area contributed by atoms with E-state index < -0.39 is 5.97 Å². The molecule has 19 heavy (non-hydrogen) atoms. The third-order valence-corrected chi connectivity index (χ3v) is 3.07. The molecule has 1 saturated carbocycles. The van der Waals surface area contributed by atoms with Crippen molar-refractivity contribution < 1.29 is 14.7 Å². The second-order valence-corrected chi connectivity index (χ2v) is 4.52. The van der Waals surface area contributed by atoms with E-state index in [1.54, 1.807) is 17.0 Å². The maximum atomic E-state index is 12.3. The fraction of sp³-hybridized carbons (Fsp3) is 0.357. The number of carbonyl (C=O) groups excluding carboxylic acids is 1. The van der Waals surface area contributed by atoms with E-state index >= 15 is 0 Å². The highest BCUT2D eigenvalue weighted by molar-refractivity contribution is 5.97. The Bertz CT molecular complexity index is 544. The molecule has 1 aromatic rings. The second-order valence-electron chi connectivity index (χ2n) is 4.52. The zero-order chi connectivity index (χ0) is 13.8. The molecule has 0 atom stereocenters. The van der Waals surface area contributed by atoms with Crippen LogP contribution in [0.5, 0.6) is 0 Å². The minimum atomic E-state index is -1.05. The summed E-state index contributed by atoms with van der Waals surface area (Å²) in [7, 11) is 0. The molecule has 2 rings (SSSR count). The molecule has 1 aliphatic rings. The molecule has 98 valence electrons. The topological polar surface area (TPSA) is 81.4 Å².